The van der Waals surface area contributed by atoms with E-state index in [1.165, 1.54) is 18.2 Å². The van der Waals surface area contributed by atoms with E-state index >= 15 is 0 Å². The first-order chi connectivity index (χ1) is 8.02. The molecule has 0 amide bonds. The lowest BCUT2D eigenvalue weighted by Gasteiger charge is -2.33. The molecule has 1 aliphatic heterocycles. The number of hydrogen-bond donors (Lipinski definition) is 0. The molecule has 0 saturated carbocycles. The fourth-order valence-electron chi connectivity index (χ4n) is 1.69. The predicted molar refractivity (Wildman–Crippen MR) is 62.9 cm³/mol. The third-order valence-electron chi connectivity index (χ3n) is 2.66. The van der Waals surface area contributed by atoms with E-state index in [2.05, 4.69) is 0 Å². The highest BCUT2D eigenvalue weighted by Crippen LogP contribution is 2.21. The predicted octanol–water partition coefficient (Wildman–Crippen LogP) is 1.41. The van der Waals surface area contributed by atoms with Crippen molar-refractivity contribution >= 4 is 18.9 Å². The van der Waals surface area contributed by atoms with Crippen LogP contribution in [-0.4, -0.2) is 26.6 Å². The van der Waals surface area contributed by atoms with E-state index in [4.69, 9.17) is 9.31 Å². The SMILES string of the molecule is CC1(C)COB(c2cc(C=O)ccc2F)OC1. The third-order valence-corrected chi connectivity index (χ3v) is 2.66. The van der Waals surface area contributed by atoms with Gasteiger partial charge in [0.15, 0.2) is 0 Å². The summed E-state index contributed by atoms with van der Waals surface area (Å²) in [5, 5.41) is 0. The lowest BCUT2D eigenvalue weighted by Crippen LogP contribution is -2.48. The molecule has 90 valence electrons. The monoisotopic (exact) mass is 236 g/mol. The fourth-order valence-corrected chi connectivity index (χ4v) is 1.69. The summed E-state index contributed by atoms with van der Waals surface area (Å²) >= 11 is 0. The number of carbonyl (C=O) groups is 1. The summed E-state index contributed by atoms with van der Waals surface area (Å²) in [4.78, 5) is 10.7. The zero-order chi connectivity index (χ0) is 12.5. The standard InChI is InChI=1S/C12H14BFO3/c1-12(2)7-16-13(17-8-12)10-5-9(6-15)3-4-11(10)14/h3-6H,7-8H2,1-2H3. The Hall–Kier alpha value is -1.20. The Bertz CT molecular complexity index is 424. The Morgan fingerprint density at radius 2 is 2.00 bits per heavy atom. The quantitative estimate of drug-likeness (QED) is 0.575. The molecule has 0 radical (unpaired) electrons. The molecule has 1 aliphatic rings. The molecular weight excluding hydrogens is 222 g/mol. The molecule has 1 heterocycles. The van der Waals surface area contributed by atoms with Gasteiger partial charge in [0.05, 0.1) is 0 Å². The van der Waals surface area contributed by atoms with Gasteiger partial charge in [0.2, 0.25) is 0 Å². The van der Waals surface area contributed by atoms with Crippen LogP contribution in [0.15, 0.2) is 18.2 Å². The fraction of sp³-hybridized carbons (Fsp3) is 0.417. The van der Waals surface area contributed by atoms with Gasteiger partial charge >= 0.3 is 7.12 Å². The molecule has 3 nitrogen and oxygen atoms in total. The van der Waals surface area contributed by atoms with Crippen LogP contribution in [0.2, 0.25) is 0 Å². The van der Waals surface area contributed by atoms with E-state index in [1.807, 2.05) is 13.8 Å². The van der Waals surface area contributed by atoms with E-state index in [9.17, 15) is 9.18 Å². The van der Waals surface area contributed by atoms with Crippen LogP contribution in [0.1, 0.15) is 24.2 Å². The maximum atomic E-state index is 13.6. The zero-order valence-electron chi connectivity index (χ0n) is 9.90. The van der Waals surface area contributed by atoms with Crippen molar-refractivity contribution < 1.29 is 18.5 Å². The van der Waals surface area contributed by atoms with Crippen LogP contribution >= 0.6 is 0 Å². The van der Waals surface area contributed by atoms with Crippen molar-refractivity contribution in [1.82, 2.24) is 0 Å². The zero-order valence-corrected chi connectivity index (χ0v) is 9.90. The Morgan fingerprint density at radius 3 is 2.59 bits per heavy atom. The Labute approximate surface area is 100 Å². The van der Waals surface area contributed by atoms with Crippen LogP contribution < -0.4 is 5.46 Å². The van der Waals surface area contributed by atoms with Crippen molar-refractivity contribution in [1.29, 1.82) is 0 Å². The summed E-state index contributed by atoms with van der Waals surface area (Å²) in [7, 11) is -0.720. The lowest BCUT2D eigenvalue weighted by molar-refractivity contribution is 0.0340. The summed E-state index contributed by atoms with van der Waals surface area (Å²) in [6.07, 6.45) is 0.676. The first-order valence-electron chi connectivity index (χ1n) is 5.50. The summed E-state index contributed by atoms with van der Waals surface area (Å²) < 4.78 is 24.6. The van der Waals surface area contributed by atoms with Gasteiger partial charge in [-0.25, -0.2) is 4.39 Å². The van der Waals surface area contributed by atoms with E-state index in [0.717, 1.165) is 0 Å². The number of hydrogen-bond acceptors (Lipinski definition) is 3. The second kappa shape index (κ2) is 4.59. The largest absolute Gasteiger partial charge is 0.496 e. The van der Waals surface area contributed by atoms with Crippen LogP contribution in [0.4, 0.5) is 4.39 Å². The molecule has 2 rings (SSSR count). The molecule has 0 aliphatic carbocycles. The second-order valence-corrected chi connectivity index (χ2v) is 5.02. The number of carbonyl (C=O) groups excluding carboxylic acids is 1. The lowest BCUT2D eigenvalue weighted by atomic mass is 9.75. The van der Waals surface area contributed by atoms with Gasteiger partial charge in [-0.15, -0.1) is 0 Å². The molecular formula is C12H14BFO3. The number of aldehydes is 1. The average molecular weight is 236 g/mol. The maximum Gasteiger partial charge on any atom is 0.496 e. The molecule has 1 aromatic rings. The minimum Gasteiger partial charge on any atom is -0.407 e. The first kappa shape index (κ1) is 12.3. The van der Waals surface area contributed by atoms with Gasteiger partial charge in [0.1, 0.15) is 12.1 Å². The van der Waals surface area contributed by atoms with Crippen molar-refractivity contribution in [2.45, 2.75) is 13.8 Å². The van der Waals surface area contributed by atoms with Gasteiger partial charge in [-0.05, 0) is 18.2 Å². The number of rotatable bonds is 2. The van der Waals surface area contributed by atoms with Gasteiger partial charge in [0.25, 0.3) is 0 Å². The highest BCUT2D eigenvalue weighted by Gasteiger charge is 2.35. The Morgan fingerprint density at radius 1 is 1.35 bits per heavy atom. The van der Waals surface area contributed by atoms with Crippen LogP contribution in [-0.2, 0) is 9.31 Å². The van der Waals surface area contributed by atoms with Gasteiger partial charge in [-0.1, -0.05) is 13.8 Å². The van der Waals surface area contributed by atoms with Crippen LogP contribution in [0, 0.1) is 11.2 Å². The normalized spacial score (nSPS) is 19.1. The third kappa shape index (κ3) is 2.73. The van der Waals surface area contributed by atoms with E-state index in [1.54, 1.807) is 0 Å². The van der Waals surface area contributed by atoms with Crippen molar-refractivity contribution in [2.24, 2.45) is 5.41 Å². The van der Waals surface area contributed by atoms with Gasteiger partial charge in [0, 0.05) is 29.7 Å². The minimum atomic E-state index is -0.720. The van der Waals surface area contributed by atoms with Crippen molar-refractivity contribution in [2.75, 3.05) is 13.2 Å². The molecule has 0 bridgehead atoms. The molecule has 0 atom stereocenters. The van der Waals surface area contributed by atoms with E-state index in [-0.39, 0.29) is 10.9 Å². The Balaban J connectivity index is 2.20. The first-order valence-corrected chi connectivity index (χ1v) is 5.50. The van der Waals surface area contributed by atoms with Crippen molar-refractivity contribution in [3.05, 3.63) is 29.6 Å². The smallest absolute Gasteiger partial charge is 0.407 e. The van der Waals surface area contributed by atoms with Crippen LogP contribution in [0.25, 0.3) is 0 Å². The minimum absolute atomic E-state index is 0.0603. The topological polar surface area (TPSA) is 35.5 Å². The molecule has 0 unspecified atom stereocenters. The molecule has 0 spiro atoms. The van der Waals surface area contributed by atoms with Crippen LogP contribution in [0.5, 0.6) is 0 Å². The Kier molecular flexibility index (Phi) is 3.31. The van der Waals surface area contributed by atoms with Crippen molar-refractivity contribution in [3.8, 4) is 0 Å². The summed E-state index contributed by atoms with van der Waals surface area (Å²) in [5.74, 6) is -0.416. The summed E-state index contributed by atoms with van der Waals surface area (Å²) in [5.41, 5.74) is 0.637. The highest BCUT2D eigenvalue weighted by atomic mass is 19.1. The molecule has 0 aromatic heterocycles. The molecule has 17 heavy (non-hydrogen) atoms. The molecule has 1 aromatic carbocycles. The number of halogens is 1. The summed E-state index contributed by atoms with van der Waals surface area (Å²) in [6, 6.07) is 4.15. The van der Waals surface area contributed by atoms with Gasteiger partial charge in [-0.2, -0.15) is 0 Å². The molecule has 5 heteroatoms. The van der Waals surface area contributed by atoms with Gasteiger partial charge in [-0.3, -0.25) is 4.79 Å². The van der Waals surface area contributed by atoms with Crippen molar-refractivity contribution in [3.63, 3.8) is 0 Å². The number of benzene rings is 1. The highest BCUT2D eigenvalue weighted by molar-refractivity contribution is 6.61. The average Bonchev–Trinajstić information content (AvgIpc) is 2.30. The molecule has 0 N–H and O–H groups in total. The maximum absolute atomic E-state index is 13.6. The summed E-state index contributed by atoms with van der Waals surface area (Å²) in [6.45, 7) is 5.04. The van der Waals surface area contributed by atoms with Crippen LogP contribution in [0.3, 0.4) is 0 Å². The molecule has 1 saturated heterocycles. The van der Waals surface area contributed by atoms with Gasteiger partial charge < -0.3 is 9.31 Å². The molecule has 1 fully saturated rings. The van der Waals surface area contributed by atoms with E-state index in [0.29, 0.717) is 25.1 Å². The second-order valence-electron chi connectivity index (χ2n) is 5.02. The van der Waals surface area contributed by atoms with E-state index < -0.39 is 12.9 Å².